The Hall–Kier alpha value is -3.48. The lowest BCUT2D eigenvalue weighted by Crippen LogP contribution is -2.52. The fraction of sp³-hybridized carbons (Fsp3) is 0.360. The van der Waals surface area contributed by atoms with Crippen molar-refractivity contribution in [3.63, 3.8) is 0 Å². The number of anilines is 2. The largest absolute Gasteiger partial charge is 0.326 e. The zero-order valence-corrected chi connectivity index (χ0v) is 18.6. The van der Waals surface area contributed by atoms with Crippen molar-refractivity contribution in [2.75, 3.05) is 16.8 Å². The number of carbonyl (C=O) groups is 4. The Balaban J connectivity index is 1.72. The van der Waals surface area contributed by atoms with Crippen LogP contribution in [0, 0.1) is 5.92 Å². The number of nitrogens with zero attached hydrogens (tertiary/aromatic N) is 2. The van der Waals surface area contributed by atoms with Gasteiger partial charge in [-0.15, -0.1) is 0 Å². The van der Waals surface area contributed by atoms with Gasteiger partial charge in [0.25, 0.3) is 11.8 Å². The summed E-state index contributed by atoms with van der Waals surface area (Å²) in [5.41, 5.74) is 2.98. The molecule has 0 unspecified atom stereocenters. The second-order valence-electron chi connectivity index (χ2n) is 8.75. The van der Waals surface area contributed by atoms with Crippen molar-refractivity contribution in [1.29, 1.82) is 0 Å². The summed E-state index contributed by atoms with van der Waals surface area (Å²) in [6, 6.07) is 11.3. The van der Waals surface area contributed by atoms with Crippen LogP contribution in [0.3, 0.4) is 0 Å². The average Bonchev–Trinajstić information content (AvgIpc) is 3.01. The number of hydrogen-bond donors (Lipinski definition) is 1. The Bertz CT molecular complexity index is 1070. The number of nitrogens with one attached hydrogen (secondary N) is 1. The van der Waals surface area contributed by atoms with Gasteiger partial charge >= 0.3 is 0 Å². The summed E-state index contributed by atoms with van der Waals surface area (Å²) >= 11 is 0. The molecule has 7 nitrogen and oxygen atoms in total. The van der Waals surface area contributed by atoms with Gasteiger partial charge in [-0.1, -0.05) is 32.0 Å². The molecule has 0 radical (unpaired) electrons. The molecule has 2 aromatic carbocycles. The van der Waals surface area contributed by atoms with Gasteiger partial charge < -0.3 is 10.2 Å². The van der Waals surface area contributed by atoms with Crippen LogP contribution in [0.5, 0.6) is 0 Å². The number of fused-ring (bicyclic) bond motifs is 2. The monoisotopic (exact) mass is 433 g/mol. The first-order chi connectivity index (χ1) is 15.3. The smallest absolute Gasteiger partial charge is 0.262 e. The van der Waals surface area contributed by atoms with Crippen LogP contribution in [0.2, 0.25) is 0 Å². The van der Waals surface area contributed by atoms with Gasteiger partial charge in [0.15, 0.2) is 0 Å². The van der Waals surface area contributed by atoms with Gasteiger partial charge in [-0.3, -0.25) is 24.1 Å². The number of rotatable bonds is 5. The van der Waals surface area contributed by atoms with Gasteiger partial charge in [0, 0.05) is 24.8 Å². The standard InChI is InChI=1S/C25H27N3O4/c1-15(2)14-22(28-23(30)17-8-4-5-9-18(17)24(28)31)25(32)27-13-7-10-19-20(26-16(3)29)11-6-12-21(19)27/h4-6,8-9,11-12,15,22H,7,10,13-14H2,1-3H3,(H,26,29)/t22-/m0/s1. The van der Waals surface area contributed by atoms with Crippen LogP contribution in [0.4, 0.5) is 11.4 Å². The van der Waals surface area contributed by atoms with Crippen LogP contribution in [0.25, 0.3) is 0 Å². The van der Waals surface area contributed by atoms with E-state index in [1.54, 1.807) is 35.2 Å². The maximum atomic E-state index is 13.9. The third-order valence-electron chi connectivity index (χ3n) is 5.94. The highest BCUT2D eigenvalue weighted by Crippen LogP contribution is 2.35. The lowest BCUT2D eigenvalue weighted by Gasteiger charge is -2.36. The van der Waals surface area contributed by atoms with Crippen molar-refractivity contribution < 1.29 is 19.2 Å². The van der Waals surface area contributed by atoms with Gasteiger partial charge in [-0.05, 0) is 55.0 Å². The molecule has 0 saturated carbocycles. The fourth-order valence-electron chi connectivity index (χ4n) is 4.59. The number of amides is 4. The number of imide groups is 1. The first kappa shape index (κ1) is 21.7. The minimum atomic E-state index is -0.891. The van der Waals surface area contributed by atoms with Crippen molar-refractivity contribution in [2.24, 2.45) is 5.92 Å². The SMILES string of the molecule is CC(=O)Nc1cccc2c1CCCN2C(=O)[C@H](CC(C)C)N1C(=O)c2ccccc2C1=O. The van der Waals surface area contributed by atoms with Gasteiger partial charge in [0.05, 0.1) is 11.1 Å². The van der Waals surface area contributed by atoms with E-state index in [0.717, 1.165) is 29.0 Å². The third kappa shape index (κ3) is 3.79. The molecule has 32 heavy (non-hydrogen) atoms. The van der Waals surface area contributed by atoms with E-state index in [1.165, 1.54) is 6.92 Å². The Labute approximate surface area is 187 Å². The molecule has 7 heteroatoms. The molecule has 0 aliphatic carbocycles. The molecule has 0 saturated heterocycles. The van der Waals surface area contributed by atoms with Gasteiger partial charge in [-0.25, -0.2) is 0 Å². The molecule has 2 aliphatic rings. The molecular weight excluding hydrogens is 406 g/mol. The predicted molar refractivity (Wildman–Crippen MR) is 122 cm³/mol. The molecule has 0 fully saturated rings. The number of hydrogen-bond acceptors (Lipinski definition) is 4. The molecule has 166 valence electrons. The zero-order chi connectivity index (χ0) is 23.0. The highest BCUT2D eigenvalue weighted by Gasteiger charge is 2.44. The van der Waals surface area contributed by atoms with E-state index in [9.17, 15) is 19.2 Å². The van der Waals surface area contributed by atoms with E-state index in [0.29, 0.717) is 29.8 Å². The van der Waals surface area contributed by atoms with Crippen molar-refractivity contribution >= 4 is 35.0 Å². The molecule has 1 atom stereocenters. The molecule has 2 aliphatic heterocycles. The van der Waals surface area contributed by atoms with Crippen LogP contribution >= 0.6 is 0 Å². The van der Waals surface area contributed by atoms with Crippen LogP contribution in [0.1, 0.15) is 59.9 Å². The second kappa shape index (κ2) is 8.57. The summed E-state index contributed by atoms with van der Waals surface area (Å²) in [5, 5.41) is 2.84. The summed E-state index contributed by atoms with van der Waals surface area (Å²) in [6.07, 6.45) is 1.84. The van der Waals surface area contributed by atoms with Gasteiger partial charge in [0.1, 0.15) is 6.04 Å². The van der Waals surface area contributed by atoms with E-state index >= 15 is 0 Å². The van der Waals surface area contributed by atoms with Crippen molar-refractivity contribution in [3.8, 4) is 0 Å². The van der Waals surface area contributed by atoms with E-state index in [-0.39, 0.29) is 17.7 Å². The first-order valence-electron chi connectivity index (χ1n) is 11.0. The zero-order valence-electron chi connectivity index (χ0n) is 18.6. The fourth-order valence-corrected chi connectivity index (χ4v) is 4.59. The lowest BCUT2D eigenvalue weighted by atomic mass is 9.96. The molecule has 0 aromatic heterocycles. The summed E-state index contributed by atoms with van der Waals surface area (Å²) < 4.78 is 0. The second-order valence-corrected chi connectivity index (χ2v) is 8.75. The predicted octanol–water partition coefficient (Wildman–Crippen LogP) is 3.64. The Morgan fingerprint density at radius 3 is 2.25 bits per heavy atom. The van der Waals surface area contributed by atoms with Crippen LogP contribution in [-0.4, -0.2) is 41.1 Å². The molecule has 1 N–H and O–H groups in total. The molecule has 4 amide bonds. The summed E-state index contributed by atoms with van der Waals surface area (Å²) in [7, 11) is 0. The first-order valence-corrected chi connectivity index (χ1v) is 11.0. The minimum absolute atomic E-state index is 0.100. The van der Waals surface area contributed by atoms with Crippen LogP contribution in [-0.2, 0) is 16.0 Å². The minimum Gasteiger partial charge on any atom is -0.326 e. The summed E-state index contributed by atoms with van der Waals surface area (Å²) in [4.78, 5) is 54.5. The number of benzene rings is 2. The average molecular weight is 434 g/mol. The lowest BCUT2D eigenvalue weighted by molar-refractivity contribution is -0.123. The van der Waals surface area contributed by atoms with Crippen molar-refractivity contribution in [3.05, 3.63) is 59.2 Å². The van der Waals surface area contributed by atoms with Gasteiger partial charge in [-0.2, -0.15) is 0 Å². The topological polar surface area (TPSA) is 86.8 Å². The van der Waals surface area contributed by atoms with E-state index in [1.807, 2.05) is 26.0 Å². The number of carbonyl (C=O) groups excluding carboxylic acids is 4. The third-order valence-corrected chi connectivity index (χ3v) is 5.94. The summed E-state index contributed by atoms with van der Waals surface area (Å²) in [5.74, 6) is -1.19. The molecule has 2 heterocycles. The normalized spacial score (nSPS) is 16.1. The molecule has 2 aromatic rings. The van der Waals surface area contributed by atoms with Crippen LogP contribution in [0.15, 0.2) is 42.5 Å². The Kier molecular flexibility index (Phi) is 5.82. The highest BCUT2D eigenvalue weighted by atomic mass is 16.2. The Morgan fingerprint density at radius 1 is 1.00 bits per heavy atom. The van der Waals surface area contributed by atoms with Gasteiger partial charge in [0.2, 0.25) is 11.8 Å². The summed E-state index contributed by atoms with van der Waals surface area (Å²) in [6.45, 7) is 5.88. The Morgan fingerprint density at radius 2 is 1.66 bits per heavy atom. The maximum absolute atomic E-state index is 13.9. The quantitative estimate of drug-likeness (QED) is 0.730. The van der Waals surface area contributed by atoms with Crippen LogP contribution < -0.4 is 10.2 Å². The highest BCUT2D eigenvalue weighted by molar-refractivity contribution is 6.23. The maximum Gasteiger partial charge on any atom is 0.262 e. The van der Waals surface area contributed by atoms with E-state index in [2.05, 4.69) is 5.32 Å². The molecule has 4 rings (SSSR count). The molecule has 0 spiro atoms. The molecular formula is C25H27N3O4. The van der Waals surface area contributed by atoms with Crippen molar-refractivity contribution in [2.45, 2.75) is 46.1 Å². The van der Waals surface area contributed by atoms with E-state index in [4.69, 9.17) is 0 Å². The molecule has 0 bridgehead atoms. The van der Waals surface area contributed by atoms with Crippen molar-refractivity contribution in [1.82, 2.24) is 4.90 Å². The van der Waals surface area contributed by atoms with E-state index < -0.39 is 17.9 Å².